The predicted molar refractivity (Wildman–Crippen MR) is 78.1 cm³/mol. The number of benzene rings is 1. The number of hydrogen-bond acceptors (Lipinski definition) is 5. The van der Waals surface area contributed by atoms with E-state index in [1.807, 2.05) is 0 Å². The lowest BCUT2D eigenvalue weighted by Gasteiger charge is -2.24. The first-order chi connectivity index (χ1) is 11.8. The van der Waals surface area contributed by atoms with Crippen LogP contribution in [0.3, 0.4) is 0 Å². The minimum atomic E-state index is -1.22. The average molecular weight is 289 g/mol. The number of hydrogen-bond donors (Lipinski definition) is 1. The van der Waals surface area contributed by atoms with Crippen LogP contribution in [0, 0.1) is 6.90 Å². The SMILES string of the molecule is [2H]Cc1nc2c([2H])c([2H])cc(N)c2c(=O)n1C1C(=O)CC(=O)CC1[2H]. The first kappa shape index (κ1) is 9.44. The number of anilines is 1. The van der Waals surface area contributed by atoms with Crippen LogP contribution >= 0.6 is 0 Å². The summed E-state index contributed by atoms with van der Waals surface area (Å²) >= 11 is 0. The number of nitrogens with two attached hydrogens (primary N) is 1. The van der Waals surface area contributed by atoms with Crippen LogP contribution in [0.15, 0.2) is 22.9 Å². The fraction of sp³-hybridized carbons (Fsp3) is 0.333. The molecule has 2 atom stereocenters. The molecule has 1 fully saturated rings. The molecule has 6 heteroatoms. The zero-order valence-corrected chi connectivity index (χ0v) is 11.0. The number of nitrogens with zero attached hydrogens (tertiary/aromatic N) is 2. The topological polar surface area (TPSA) is 95.0 Å². The highest BCUT2D eigenvalue weighted by atomic mass is 16.2. The van der Waals surface area contributed by atoms with Gasteiger partial charge in [0.2, 0.25) is 0 Å². The summed E-state index contributed by atoms with van der Waals surface area (Å²) < 4.78 is 32.2. The number of ketones is 2. The molecule has 2 aromatic rings. The Labute approximate surface area is 126 Å². The van der Waals surface area contributed by atoms with Crippen LogP contribution in [0.1, 0.15) is 36.6 Å². The average Bonchev–Trinajstić information content (AvgIpc) is 2.52. The summed E-state index contributed by atoms with van der Waals surface area (Å²) in [6.45, 7) is -0.461. The lowest BCUT2D eigenvalue weighted by Crippen LogP contribution is -2.36. The van der Waals surface area contributed by atoms with Crippen molar-refractivity contribution in [1.29, 1.82) is 0 Å². The Hall–Kier alpha value is -2.50. The highest BCUT2D eigenvalue weighted by Crippen LogP contribution is 2.24. The molecular formula is C15H15N3O3. The second-order valence-electron chi connectivity index (χ2n) is 4.86. The summed E-state index contributed by atoms with van der Waals surface area (Å²) in [7, 11) is 0. The largest absolute Gasteiger partial charge is 0.398 e. The first-order valence-electron chi connectivity index (χ1n) is 8.61. The molecule has 1 saturated carbocycles. The number of rotatable bonds is 1. The fourth-order valence-corrected chi connectivity index (χ4v) is 2.46. The van der Waals surface area contributed by atoms with Gasteiger partial charge in [-0.2, -0.15) is 0 Å². The van der Waals surface area contributed by atoms with Crippen molar-refractivity contribution in [1.82, 2.24) is 9.55 Å². The van der Waals surface area contributed by atoms with Crippen molar-refractivity contribution in [3.8, 4) is 0 Å². The molecule has 0 saturated heterocycles. The zero-order chi connectivity index (χ0) is 18.5. The number of nitrogen functional groups attached to an aromatic ring is 1. The van der Waals surface area contributed by atoms with E-state index in [-0.39, 0.29) is 53.1 Å². The molecule has 6 nitrogen and oxygen atoms in total. The van der Waals surface area contributed by atoms with E-state index < -0.39 is 30.7 Å². The van der Waals surface area contributed by atoms with Crippen LogP contribution in [-0.2, 0) is 9.59 Å². The van der Waals surface area contributed by atoms with Gasteiger partial charge >= 0.3 is 0 Å². The third-order valence-electron chi connectivity index (χ3n) is 3.44. The molecule has 1 aromatic heterocycles. The van der Waals surface area contributed by atoms with Gasteiger partial charge in [-0.1, -0.05) is 6.04 Å². The van der Waals surface area contributed by atoms with Crippen LogP contribution in [-0.4, -0.2) is 21.1 Å². The minimum Gasteiger partial charge on any atom is -0.398 e. The maximum Gasteiger partial charge on any atom is 0.264 e. The monoisotopic (exact) mass is 289 g/mol. The number of fused-ring (bicyclic) bond motifs is 1. The van der Waals surface area contributed by atoms with E-state index in [4.69, 9.17) is 11.2 Å². The van der Waals surface area contributed by atoms with Gasteiger partial charge in [0.05, 0.1) is 26.1 Å². The number of aryl methyl sites for hydroxylation is 1. The molecule has 1 aliphatic carbocycles. The standard InChI is InChI=1S/C15H15N3O3/c1-8-17-11-4-2-3-10(16)14(11)15(21)18(8)12-6-5-9(19)7-13(12)20/h2-4,12H,5-7,16H2,1H3/i1D,2D,4D,6D. The lowest BCUT2D eigenvalue weighted by molar-refractivity contribution is -0.132. The van der Waals surface area contributed by atoms with Crippen LogP contribution in [0.4, 0.5) is 5.69 Å². The third kappa shape index (κ3) is 2.12. The number of carbonyl (C=O) groups excluding carboxylic acids is 2. The van der Waals surface area contributed by atoms with Crippen molar-refractivity contribution in [3.05, 3.63) is 34.3 Å². The summed E-state index contributed by atoms with van der Waals surface area (Å²) in [5.74, 6) is -1.03. The summed E-state index contributed by atoms with van der Waals surface area (Å²) in [6, 6.07) is -0.561. The Kier molecular flexibility index (Phi) is 2.16. The molecule has 2 N–H and O–H groups in total. The number of aromatic nitrogens is 2. The predicted octanol–water partition coefficient (Wildman–Crippen LogP) is 1.15. The molecule has 2 unspecified atom stereocenters. The fourth-order valence-electron chi connectivity index (χ4n) is 2.46. The quantitative estimate of drug-likeness (QED) is 0.627. The molecule has 0 radical (unpaired) electrons. The van der Waals surface area contributed by atoms with E-state index >= 15 is 0 Å². The van der Waals surface area contributed by atoms with E-state index in [1.54, 1.807) is 0 Å². The van der Waals surface area contributed by atoms with Gasteiger partial charge < -0.3 is 5.73 Å². The molecule has 1 aliphatic rings. The smallest absolute Gasteiger partial charge is 0.264 e. The molecule has 1 heterocycles. The Morgan fingerprint density at radius 1 is 1.52 bits per heavy atom. The van der Waals surface area contributed by atoms with E-state index in [2.05, 4.69) is 4.98 Å². The van der Waals surface area contributed by atoms with Crippen LogP contribution in [0.5, 0.6) is 0 Å². The molecule has 1 aromatic carbocycles. The number of carbonyl (C=O) groups is 2. The Balaban J connectivity index is 2.36. The second kappa shape index (κ2) is 4.80. The summed E-state index contributed by atoms with van der Waals surface area (Å²) in [4.78, 5) is 40.9. The summed E-state index contributed by atoms with van der Waals surface area (Å²) in [6.07, 6.45) is -1.68. The van der Waals surface area contributed by atoms with E-state index in [9.17, 15) is 14.4 Å². The van der Waals surface area contributed by atoms with Gasteiger partial charge in [-0.15, -0.1) is 0 Å². The normalized spacial score (nSPS) is 25.3. The Morgan fingerprint density at radius 2 is 2.33 bits per heavy atom. The molecule has 0 bridgehead atoms. The van der Waals surface area contributed by atoms with Crippen molar-refractivity contribution in [2.24, 2.45) is 0 Å². The minimum absolute atomic E-state index is 0.0559. The van der Waals surface area contributed by atoms with E-state index in [0.717, 1.165) is 10.6 Å². The van der Waals surface area contributed by atoms with Crippen molar-refractivity contribution < 1.29 is 15.1 Å². The molecule has 0 aliphatic heterocycles. The highest BCUT2D eigenvalue weighted by molar-refractivity contribution is 6.03. The lowest BCUT2D eigenvalue weighted by atomic mass is 9.92. The van der Waals surface area contributed by atoms with E-state index in [1.165, 1.54) is 0 Å². The van der Waals surface area contributed by atoms with Gasteiger partial charge in [0, 0.05) is 14.8 Å². The van der Waals surface area contributed by atoms with Crippen molar-refractivity contribution in [2.45, 2.75) is 32.2 Å². The van der Waals surface area contributed by atoms with E-state index in [0.29, 0.717) is 0 Å². The third-order valence-corrected chi connectivity index (χ3v) is 3.44. The Morgan fingerprint density at radius 3 is 3.05 bits per heavy atom. The molecule has 21 heavy (non-hydrogen) atoms. The maximum absolute atomic E-state index is 13.0. The first-order valence-corrected chi connectivity index (χ1v) is 6.33. The van der Waals surface area contributed by atoms with Crippen LogP contribution in [0.25, 0.3) is 10.9 Å². The van der Waals surface area contributed by atoms with Gasteiger partial charge in [0.15, 0.2) is 5.78 Å². The molecular weight excluding hydrogens is 270 g/mol. The summed E-state index contributed by atoms with van der Waals surface area (Å²) in [5, 5.41) is -0.116. The van der Waals surface area contributed by atoms with Crippen molar-refractivity contribution in [2.75, 3.05) is 5.73 Å². The van der Waals surface area contributed by atoms with Gasteiger partial charge in [0.25, 0.3) is 5.56 Å². The maximum atomic E-state index is 13.0. The highest BCUT2D eigenvalue weighted by Gasteiger charge is 2.30. The molecule has 108 valence electrons. The second-order valence-corrected chi connectivity index (χ2v) is 4.86. The molecule has 3 rings (SSSR count). The van der Waals surface area contributed by atoms with Crippen molar-refractivity contribution >= 4 is 28.2 Å². The van der Waals surface area contributed by atoms with Gasteiger partial charge in [-0.05, 0) is 25.4 Å². The van der Waals surface area contributed by atoms with Gasteiger partial charge in [-0.3, -0.25) is 19.0 Å². The number of Topliss-reactive ketones (excluding diaryl/α,β-unsaturated/α-hetero) is 2. The molecule has 0 spiro atoms. The Bertz CT molecular complexity index is 973. The summed E-state index contributed by atoms with van der Waals surface area (Å²) in [5.41, 5.74) is 4.93. The van der Waals surface area contributed by atoms with Crippen molar-refractivity contribution in [3.63, 3.8) is 0 Å². The van der Waals surface area contributed by atoms with Gasteiger partial charge in [0.1, 0.15) is 11.6 Å². The zero-order valence-electron chi connectivity index (χ0n) is 15.0. The van der Waals surface area contributed by atoms with Gasteiger partial charge in [-0.25, -0.2) is 4.98 Å². The van der Waals surface area contributed by atoms with Crippen LogP contribution < -0.4 is 11.3 Å². The molecule has 0 amide bonds. The van der Waals surface area contributed by atoms with Crippen LogP contribution in [0.2, 0.25) is 0 Å².